The zero-order valence-electron chi connectivity index (χ0n) is 33.7. The first-order valence-corrected chi connectivity index (χ1v) is 20.4. The van der Waals surface area contributed by atoms with E-state index in [9.17, 15) is 39.3 Å². The Kier molecular flexibility index (Phi) is 18.7. The molecule has 1 aliphatic rings. The second-order valence-corrected chi connectivity index (χ2v) is 16.1. The van der Waals surface area contributed by atoms with Gasteiger partial charge in [-0.3, -0.25) is 28.9 Å². The number of benzene rings is 1. The molecule has 1 aromatic heterocycles. The first-order chi connectivity index (χ1) is 26.6. The minimum atomic E-state index is -1.00. The Balaban J connectivity index is 1.91. The summed E-state index contributed by atoms with van der Waals surface area (Å²) in [5.74, 6) is -3.80. The fourth-order valence-corrected chi connectivity index (χ4v) is 7.72. The molecular formula is C40H61N5O10S. The maximum atomic E-state index is 14.6. The standard InChI is InChI=1S/C40H61N5O10S/c1-8-25(4)35(43-37(50)32-11-9-10-16-44(32)7)39(51)45(23-54-18-17-46)33(24(2)3)21-34(55-27(6)47)38-42-31(22-56-38)36(49)41-29(19-26(5)40(52)53)20-28-12-14-30(48)15-13-28/h12-15,22,24-26,29,32-35,46,48H,8-11,16-21,23H2,1-7H3,(H,41,49)(H,43,50)(H,52,53)/t25-,26-,29+,32+,33+,34+,35-/m0/s1. The minimum absolute atomic E-state index is 0.0286. The molecular weight excluding hydrogens is 743 g/mol. The summed E-state index contributed by atoms with van der Waals surface area (Å²) in [6.45, 7) is 10.8. The number of aliphatic carboxylic acids is 1. The number of aliphatic hydroxyl groups is 1. The number of ether oxygens (including phenoxy) is 2. The second-order valence-electron chi connectivity index (χ2n) is 15.2. The molecule has 15 nitrogen and oxygen atoms in total. The number of aromatic hydroxyl groups is 1. The molecule has 0 bridgehead atoms. The maximum absolute atomic E-state index is 14.6. The van der Waals surface area contributed by atoms with Crippen LogP contribution in [0, 0.1) is 17.8 Å². The number of carboxylic acids is 1. The van der Waals surface area contributed by atoms with E-state index < -0.39 is 48.0 Å². The summed E-state index contributed by atoms with van der Waals surface area (Å²) in [4.78, 5) is 74.1. The van der Waals surface area contributed by atoms with Crippen molar-refractivity contribution in [1.29, 1.82) is 0 Å². The molecule has 56 heavy (non-hydrogen) atoms. The first kappa shape index (κ1) is 46.3. The Hall–Kier alpha value is -4.12. The Morgan fingerprint density at radius 2 is 1.75 bits per heavy atom. The number of hydrogen-bond donors (Lipinski definition) is 5. The van der Waals surface area contributed by atoms with Gasteiger partial charge in [-0.15, -0.1) is 11.3 Å². The van der Waals surface area contributed by atoms with Crippen LogP contribution in [0.3, 0.4) is 0 Å². The molecule has 1 aromatic carbocycles. The molecule has 0 spiro atoms. The van der Waals surface area contributed by atoms with E-state index in [1.165, 1.54) is 29.3 Å². The van der Waals surface area contributed by atoms with E-state index in [4.69, 9.17) is 9.47 Å². The van der Waals surface area contributed by atoms with Crippen LogP contribution in [-0.2, 0) is 35.1 Å². The topological polar surface area (TPSA) is 208 Å². The number of carbonyl (C=O) groups excluding carboxylic acids is 4. The van der Waals surface area contributed by atoms with Gasteiger partial charge in [-0.05, 0) is 68.8 Å². The molecule has 0 unspecified atom stereocenters. The lowest BCUT2D eigenvalue weighted by Crippen LogP contribution is -2.59. The Bertz CT molecular complexity index is 1590. The molecule has 1 aliphatic heterocycles. The lowest BCUT2D eigenvalue weighted by molar-refractivity contribution is -0.153. The number of phenolic OH excluding ortho intramolecular Hbond substituents is 1. The highest BCUT2D eigenvalue weighted by Gasteiger charge is 2.39. The van der Waals surface area contributed by atoms with Crippen LogP contribution in [0.5, 0.6) is 5.75 Å². The highest BCUT2D eigenvalue weighted by Crippen LogP contribution is 2.32. The number of thiazole rings is 1. The highest BCUT2D eigenvalue weighted by molar-refractivity contribution is 7.09. The number of rotatable bonds is 22. The number of carboxylic acid groups (broad SMARTS) is 1. The van der Waals surface area contributed by atoms with Gasteiger partial charge in [0.05, 0.1) is 25.2 Å². The normalized spacial score (nSPS) is 17.9. The molecule has 1 fully saturated rings. The van der Waals surface area contributed by atoms with Crippen LogP contribution in [0.15, 0.2) is 29.6 Å². The maximum Gasteiger partial charge on any atom is 0.306 e. The number of likely N-dealkylation sites (N-methyl/N-ethyl adjacent to an activating group) is 1. The smallest absolute Gasteiger partial charge is 0.306 e. The molecule has 1 saturated heterocycles. The number of aliphatic hydroxyl groups excluding tert-OH is 1. The van der Waals surface area contributed by atoms with Gasteiger partial charge in [0.2, 0.25) is 11.8 Å². The number of nitrogens with zero attached hydrogens (tertiary/aromatic N) is 3. The third-order valence-electron chi connectivity index (χ3n) is 10.4. The number of esters is 1. The first-order valence-electron chi connectivity index (χ1n) is 19.5. The number of likely N-dealkylation sites (tertiary alicyclic amines) is 1. The van der Waals surface area contributed by atoms with E-state index in [-0.39, 0.29) is 73.9 Å². The third-order valence-corrected chi connectivity index (χ3v) is 11.3. The van der Waals surface area contributed by atoms with Crippen LogP contribution in [0.25, 0.3) is 0 Å². The molecule has 0 aliphatic carbocycles. The summed E-state index contributed by atoms with van der Waals surface area (Å²) in [6, 6.07) is 4.05. The molecule has 3 amide bonds. The van der Waals surface area contributed by atoms with Crippen LogP contribution in [0.1, 0.15) is 107 Å². The molecule has 0 radical (unpaired) electrons. The molecule has 7 atom stereocenters. The van der Waals surface area contributed by atoms with Crippen molar-refractivity contribution in [1.82, 2.24) is 25.4 Å². The number of piperidine rings is 1. The van der Waals surface area contributed by atoms with Gasteiger partial charge in [0.15, 0.2) is 6.10 Å². The van der Waals surface area contributed by atoms with Gasteiger partial charge in [-0.1, -0.05) is 59.6 Å². The lowest BCUT2D eigenvalue weighted by Gasteiger charge is -2.39. The van der Waals surface area contributed by atoms with E-state index in [1.54, 1.807) is 19.1 Å². The largest absolute Gasteiger partial charge is 0.508 e. The quantitative estimate of drug-likeness (QED) is 0.0647. The van der Waals surface area contributed by atoms with Crippen LogP contribution >= 0.6 is 11.3 Å². The summed E-state index contributed by atoms with van der Waals surface area (Å²) in [5, 5.41) is 36.6. The SMILES string of the molecule is CC[C@H](C)[C@H](NC(=O)[C@H]1CCCCN1C)C(=O)N(COCCO)[C@H](C[C@@H](OC(C)=O)c1nc(C(=O)N[C@@H](Cc2ccc(O)cc2)C[C@H](C)C(=O)O)cs1)C(C)C. The molecule has 3 rings (SSSR count). The summed E-state index contributed by atoms with van der Waals surface area (Å²) < 4.78 is 11.5. The number of carbonyl (C=O) groups is 5. The van der Waals surface area contributed by atoms with Crippen molar-refractivity contribution >= 4 is 41.0 Å². The molecule has 16 heteroatoms. The molecule has 312 valence electrons. The highest BCUT2D eigenvalue weighted by atomic mass is 32.1. The summed E-state index contributed by atoms with van der Waals surface area (Å²) >= 11 is 1.11. The fourth-order valence-electron chi connectivity index (χ4n) is 6.88. The third kappa shape index (κ3) is 13.8. The fraction of sp³-hybridized carbons (Fsp3) is 0.650. The predicted molar refractivity (Wildman–Crippen MR) is 211 cm³/mol. The van der Waals surface area contributed by atoms with E-state index in [2.05, 4.69) is 15.6 Å². The Morgan fingerprint density at radius 3 is 2.34 bits per heavy atom. The lowest BCUT2D eigenvalue weighted by atomic mass is 9.92. The summed E-state index contributed by atoms with van der Waals surface area (Å²) in [5.41, 5.74) is 0.839. The Morgan fingerprint density at radius 1 is 1.05 bits per heavy atom. The van der Waals surface area contributed by atoms with Crippen molar-refractivity contribution in [3.8, 4) is 5.75 Å². The van der Waals surface area contributed by atoms with Crippen LogP contribution in [0.4, 0.5) is 0 Å². The number of aromatic nitrogens is 1. The van der Waals surface area contributed by atoms with Crippen molar-refractivity contribution in [2.24, 2.45) is 17.8 Å². The number of nitrogens with one attached hydrogen (secondary N) is 2. The van der Waals surface area contributed by atoms with E-state index in [0.29, 0.717) is 24.3 Å². The van der Waals surface area contributed by atoms with Crippen LogP contribution < -0.4 is 10.6 Å². The van der Waals surface area contributed by atoms with Gasteiger partial charge in [0.1, 0.15) is 29.2 Å². The van der Waals surface area contributed by atoms with Gasteiger partial charge < -0.3 is 40.3 Å². The van der Waals surface area contributed by atoms with Crippen molar-refractivity contribution in [3.63, 3.8) is 0 Å². The van der Waals surface area contributed by atoms with Gasteiger partial charge in [-0.25, -0.2) is 4.98 Å². The summed E-state index contributed by atoms with van der Waals surface area (Å²) in [7, 11) is 1.91. The second kappa shape index (κ2) is 22.6. The van der Waals surface area contributed by atoms with Crippen LogP contribution in [-0.4, -0.2) is 117 Å². The van der Waals surface area contributed by atoms with E-state index in [1.807, 2.05) is 39.6 Å². The van der Waals surface area contributed by atoms with E-state index in [0.717, 1.165) is 36.3 Å². The van der Waals surface area contributed by atoms with Crippen LogP contribution in [0.2, 0.25) is 0 Å². The zero-order valence-corrected chi connectivity index (χ0v) is 34.5. The molecule has 2 heterocycles. The number of hydrogen-bond acceptors (Lipinski definition) is 12. The Labute approximate surface area is 334 Å². The molecule has 5 N–H and O–H groups in total. The summed E-state index contributed by atoms with van der Waals surface area (Å²) in [6.07, 6.45) is 2.80. The monoisotopic (exact) mass is 803 g/mol. The number of phenols is 1. The van der Waals surface area contributed by atoms with Gasteiger partial charge >= 0.3 is 11.9 Å². The number of amides is 3. The van der Waals surface area contributed by atoms with Gasteiger partial charge in [0.25, 0.3) is 5.91 Å². The van der Waals surface area contributed by atoms with Gasteiger partial charge in [0, 0.05) is 30.8 Å². The predicted octanol–water partition coefficient (Wildman–Crippen LogP) is 4.13. The molecule has 0 saturated carbocycles. The van der Waals surface area contributed by atoms with Crippen molar-refractivity contribution < 1.29 is 48.8 Å². The zero-order chi connectivity index (χ0) is 41.5. The minimum Gasteiger partial charge on any atom is -0.508 e. The van der Waals surface area contributed by atoms with Crippen molar-refractivity contribution in [3.05, 3.63) is 45.9 Å². The van der Waals surface area contributed by atoms with Crippen molar-refractivity contribution in [2.75, 3.05) is 33.5 Å². The van der Waals surface area contributed by atoms with Gasteiger partial charge in [-0.2, -0.15) is 0 Å². The van der Waals surface area contributed by atoms with Crippen molar-refractivity contribution in [2.45, 2.75) is 117 Å². The van der Waals surface area contributed by atoms with E-state index >= 15 is 0 Å². The average molecular weight is 804 g/mol. The average Bonchev–Trinajstić information content (AvgIpc) is 3.65. The molecule has 2 aromatic rings.